The molecule has 22 heavy (non-hydrogen) atoms. The minimum Gasteiger partial charge on any atom is -0.461 e. The zero-order chi connectivity index (χ0) is 16.4. The lowest BCUT2D eigenvalue weighted by Crippen LogP contribution is -2.08. The summed E-state index contributed by atoms with van der Waals surface area (Å²) in [4.78, 5) is 11.0. The Bertz CT molecular complexity index is 548. The van der Waals surface area contributed by atoms with Gasteiger partial charge in [0, 0.05) is 36.9 Å². The standard InChI is InChI=1S/C10H13NO2.C8H13N/c1-2-9-13-10(12)5-8-11-6-3-4-7-11;1-4-9-7(2)5-6-8(9)3/h2-4,6-7H,1,5,8-9H2;5-6H,4H2,1-3H3. The van der Waals surface area contributed by atoms with Gasteiger partial charge in [-0.1, -0.05) is 12.7 Å². The van der Waals surface area contributed by atoms with E-state index < -0.39 is 0 Å². The highest BCUT2D eigenvalue weighted by Crippen LogP contribution is 2.05. The van der Waals surface area contributed by atoms with Gasteiger partial charge in [-0.15, -0.1) is 0 Å². The molecule has 0 atom stereocenters. The maximum atomic E-state index is 11.0. The van der Waals surface area contributed by atoms with Crippen molar-refractivity contribution in [1.29, 1.82) is 0 Å². The van der Waals surface area contributed by atoms with Crippen LogP contribution in [0.4, 0.5) is 0 Å². The SMILES string of the molecule is C=CCOC(=O)CCn1cccc1.CCn1c(C)ccc1C. The summed E-state index contributed by atoms with van der Waals surface area (Å²) in [7, 11) is 0. The molecule has 0 radical (unpaired) electrons. The van der Waals surface area contributed by atoms with E-state index in [0.717, 1.165) is 6.54 Å². The van der Waals surface area contributed by atoms with Crippen LogP contribution in [0.15, 0.2) is 49.3 Å². The molecule has 2 rings (SSSR count). The molecule has 0 N–H and O–H groups in total. The number of rotatable bonds is 6. The van der Waals surface area contributed by atoms with Gasteiger partial charge in [-0.2, -0.15) is 0 Å². The van der Waals surface area contributed by atoms with Crippen LogP contribution in [0, 0.1) is 13.8 Å². The van der Waals surface area contributed by atoms with E-state index in [1.807, 2.05) is 29.1 Å². The van der Waals surface area contributed by atoms with Crippen molar-refractivity contribution in [3.05, 3.63) is 60.7 Å². The highest BCUT2D eigenvalue weighted by Gasteiger charge is 2.00. The molecular weight excluding hydrogens is 276 g/mol. The molecule has 0 spiro atoms. The van der Waals surface area contributed by atoms with Gasteiger partial charge in [0.15, 0.2) is 0 Å². The van der Waals surface area contributed by atoms with Gasteiger partial charge >= 0.3 is 5.97 Å². The van der Waals surface area contributed by atoms with E-state index in [-0.39, 0.29) is 5.97 Å². The number of aromatic nitrogens is 2. The van der Waals surface area contributed by atoms with Crippen LogP contribution in [0.3, 0.4) is 0 Å². The molecule has 2 aromatic rings. The fourth-order valence-corrected chi connectivity index (χ4v) is 2.16. The lowest BCUT2D eigenvalue weighted by Gasteiger charge is -2.02. The fraction of sp³-hybridized carbons (Fsp3) is 0.389. The molecule has 0 aliphatic carbocycles. The van der Waals surface area contributed by atoms with Crippen LogP contribution in [0.25, 0.3) is 0 Å². The quantitative estimate of drug-likeness (QED) is 0.602. The molecule has 120 valence electrons. The number of ether oxygens (including phenoxy) is 1. The van der Waals surface area contributed by atoms with E-state index in [1.165, 1.54) is 11.4 Å². The molecule has 0 saturated carbocycles. The number of carbonyl (C=O) groups excluding carboxylic acids is 1. The summed E-state index contributed by atoms with van der Waals surface area (Å²) < 4.78 is 9.05. The Morgan fingerprint density at radius 1 is 1.23 bits per heavy atom. The fourth-order valence-electron chi connectivity index (χ4n) is 2.16. The Morgan fingerprint density at radius 3 is 2.27 bits per heavy atom. The van der Waals surface area contributed by atoms with Crippen molar-refractivity contribution < 1.29 is 9.53 Å². The lowest BCUT2D eigenvalue weighted by atomic mass is 10.4. The van der Waals surface area contributed by atoms with Crippen molar-refractivity contribution in [3.63, 3.8) is 0 Å². The average Bonchev–Trinajstić information content (AvgIpc) is 3.13. The molecule has 2 heterocycles. The second-order valence-electron chi connectivity index (χ2n) is 5.00. The zero-order valence-electron chi connectivity index (χ0n) is 13.8. The summed E-state index contributed by atoms with van der Waals surface area (Å²) in [5, 5.41) is 0. The predicted octanol–water partition coefficient (Wildman–Crippen LogP) is 3.73. The van der Waals surface area contributed by atoms with Crippen LogP contribution in [-0.4, -0.2) is 21.7 Å². The molecule has 0 amide bonds. The number of hydrogen-bond acceptors (Lipinski definition) is 2. The first kappa shape index (κ1) is 17.8. The molecule has 0 aliphatic heterocycles. The predicted molar refractivity (Wildman–Crippen MR) is 89.8 cm³/mol. The molecule has 0 bridgehead atoms. The molecule has 4 heteroatoms. The number of hydrogen-bond donors (Lipinski definition) is 0. The first-order chi connectivity index (χ1) is 10.6. The van der Waals surface area contributed by atoms with Crippen LogP contribution in [0.5, 0.6) is 0 Å². The Balaban J connectivity index is 0.000000235. The Kier molecular flexibility index (Phi) is 7.83. The van der Waals surface area contributed by atoms with Gasteiger partial charge in [0.2, 0.25) is 0 Å². The van der Waals surface area contributed by atoms with Crippen LogP contribution >= 0.6 is 0 Å². The third kappa shape index (κ3) is 6.04. The van der Waals surface area contributed by atoms with Crippen LogP contribution in [0.2, 0.25) is 0 Å². The van der Waals surface area contributed by atoms with Crippen molar-refractivity contribution in [2.75, 3.05) is 6.61 Å². The number of esters is 1. The number of aryl methyl sites for hydroxylation is 3. The highest BCUT2D eigenvalue weighted by atomic mass is 16.5. The van der Waals surface area contributed by atoms with Crippen molar-refractivity contribution in [2.24, 2.45) is 0 Å². The summed E-state index contributed by atoms with van der Waals surface area (Å²) >= 11 is 0. The number of nitrogens with zero attached hydrogens (tertiary/aromatic N) is 2. The van der Waals surface area contributed by atoms with Crippen molar-refractivity contribution in [1.82, 2.24) is 9.13 Å². The van der Waals surface area contributed by atoms with E-state index in [0.29, 0.717) is 19.6 Å². The van der Waals surface area contributed by atoms with E-state index in [2.05, 4.69) is 44.0 Å². The van der Waals surface area contributed by atoms with Crippen molar-refractivity contribution in [2.45, 2.75) is 40.3 Å². The van der Waals surface area contributed by atoms with Crippen LogP contribution < -0.4 is 0 Å². The van der Waals surface area contributed by atoms with Gasteiger partial charge in [0.05, 0.1) is 6.42 Å². The van der Waals surface area contributed by atoms with Gasteiger partial charge in [-0.3, -0.25) is 4.79 Å². The Hall–Kier alpha value is -2.23. The molecule has 2 aromatic heterocycles. The van der Waals surface area contributed by atoms with Gasteiger partial charge in [-0.05, 0) is 45.0 Å². The second kappa shape index (κ2) is 9.66. The third-order valence-corrected chi connectivity index (χ3v) is 3.34. The summed E-state index contributed by atoms with van der Waals surface area (Å²) in [6.07, 6.45) is 5.80. The maximum absolute atomic E-state index is 11.0. The lowest BCUT2D eigenvalue weighted by molar-refractivity contribution is -0.142. The molecule has 0 fully saturated rings. The molecule has 0 saturated heterocycles. The zero-order valence-corrected chi connectivity index (χ0v) is 13.8. The summed E-state index contributed by atoms with van der Waals surface area (Å²) in [6, 6.07) is 8.15. The summed E-state index contributed by atoms with van der Waals surface area (Å²) in [6.45, 7) is 12.0. The Morgan fingerprint density at radius 2 is 1.82 bits per heavy atom. The van der Waals surface area contributed by atoms with Gasteiger partial charge in [-0.25, -0.2) is 0 Å². The van der Waals surface area contributed by atoms with Gasteiger partial charge in [0.25, 0.3) is 0 Å². The van der Waals surface area contributed by atoms with Crippen LogP contribution in [-0.2, 0) is 22.6 Å². The highest BCUT2D eigenvalue weighted by molar-refractivity contribution is 5.69. The van der Waals surface area contributed by atoms with Crippen molar-refractivity contribution >= 4 is 5.97 Å². The first-order valence-electron chi connectivity index (χ1n) is 7.58. The molecule has 0 aliphatic rings. The molecule has 0 aromatic carbocycles. The van der Waals surface area contributed by atoms with Gasteiger partial charge in [0.1, 0.15) is 6.61 Å². The maximum Gasteiger partial charge on any atom is 0.307 e. The first-order valence-corrected chi connectivity index (χ1v) is 7.58. The van der Waals surface area contributed by atoms with E-state index in [4.69, 9.17) is 4.74 Å². The average molecular weight is 302 g/mol. The van der Waals surface area contributed by atoms with Crippen LogP contribution in [0.1, 0.15) is 24.7 Å². The molecular formula is C18H26N2O2. The summed E-state index contributed by atoms with van der Waals surface area (Å²) in [5.74, 6) is -0.186. The third-order valence-electron chi connectivity index (χ3n) is 3.34. The molecule has 4 nitrogen and oxygen atoms in total. The second-order valence-corrected chi connectivity index (χ2v) is 5.00. The monoisotopic (exact) mass is 302 g/mol. The smallest absolute Gasteiger partial charge is 0.307 e. The van der Waals surface area contributed by atoms with E-state index in [9.17, 15) is 4.79 Å². The van der Waals surface area contributed by atoms with E-state index in [1.54, 1.807) is 6.08 Å². The Labute approximate surface area is 133 Å². The van der Waals surface area contributed by atoms with E-state index >= 15 is 0 Å². The number of carbonyl (C=O) groups is 1. The van der Waals surface area contributed by atoms with Crippen molar-refractivity contribution in [3.8, 4) is 0 Å². The minimum atomic E-state index is -0.186. The topological polar surface area (TPSA) is 36.2 Å². The van der Waals surface area contributed by atoms with Gasteiger partial charge < -0.3 is 13.9 Å². The molecule has 0 unspecified atom stereocenters. The minimum absolute atomic E-state index is 0.186. The summed E-state index contributed by atoms with van der Waals surface area (Å²) in [5.41, 5.74) is 2.71. The normalized spacial score (nSPS) is 9.77. The largest absolute Gasteiger partial charge is 0.461 e.